The Morgan fingerprint density at radius 1 is 0.344 bits per heavy atom. The highest BCUT2D eigenvalue weighted by Crippen LogP contribution is 2.14. The van der Waals surface area contributed by atoms with Crippen LogP contribution in [0.5, 0.6) is 0 Å². The minimum absolute atomic E-state index is 0.0990. The number of carbonyl (C=O) groups excluding carboxylic acids is 3. The molecule has 0 N–H and O–H groups in total. The van der Waals surface area contributed by atoms with Crippen LogP contribution in [0.3, 0.4) is 0 Å². The van der Waals surface area contributed by atoms with E-state index in [1.165, 1.54) is 77.0 Å². The van der Waals surface area contributed by atoms with E-state index in [0.29, 0.717) is 19.3 Å². The van der Waals surface area contributed by atoms with Crippen molar-refractivity contribution in [3.8, 4) is 0 Å². The fraction of sp³-hybridized carbons (Fsp3) is 0.691. The van der Waals surface area contributed by atoms with Gasteiger partial charge in [-0.25, -0.2) is 0 Å². The lowest BCUT2D eigenvalue weighted by molar-refractivity contribution is -0.167. The number of hydrogen-bond donors (Lipinski definition) is 0. The van der Waals surface area contributed by atoms with Gasteiger partial charge < -0.3 is 14.2 Å². The lowest BCUT2D eigenvalue weighted by Gasteiger charge is -2.18. The summed E-state index contributed by atoms with van der Waals surface area (Å²) in [5, 5.41) is 0. The average Bonchev–Trinajstić information content (AvgIpc) is 3.26. The van der Waals surface area contributed by atoms with Gasteiger partial charge in [-0.15, -0.1) is 0 Å². The summed E-state index contributed by atoms with van der Waals surface area (Å²) in [6.07, 6.45) is 62.8. The van der Waals surface area contributed by atoms with Crippen LogP contribution in [-0.4, -0.2) is 37.2 Å². The SMILES string of the molecule is CC/C=C\C/C=C\C/C=C\C/C=C\C/C=C\CCCC(=O)OCC(COC(=O)CCCCCCCCCCCCCC)OC(=O)CCCCCCC/C=C\C/C=C\CCCC. The van der Waals surface area contributed by atoms with Crippen LogP contribution in [0.2, 0.25) is 0 Å². The maximum atomic E-state index is 12.8. The number of allylic oxidation sites excluding steroid dienone is 14. The summed E-state index contributed by atoms with van der Waals surface area (Å²) in [4.78, 5) is 37.9. The molecule has 0 fully saturated rings. The molecule has 0 radical (unpaired) electrons. The van der Waals surface area contributed by atoms with Crippen LogP contribution >= 0.6 is 0 Å². The summed E-state index contributed by atoms with van der Waals surface area (Å²) in [6.45, 7) is 6.41. The van der Waals surface area contributed by atoms with Crippen molar-refractivity contribution in [2.75, 3.05) is 13.2 Å². The molecule has 0 saturated heterocycles. The first-order valence-electron chi connectivity index (χ1n) is 25.1. The van der Waals surface area contributed by atoms with Gasteiger partial charge in [0.2, 0.25) is 0 Å². The van der Waals surface area contributed by atoms with E-state index in [1.54, 1.807) is 0 Å². The van der Waals surface area contributed by atoms with Crippen LogP contribution in [0.4, 0.5) is 0 Å². The van der Waals surface area contributed by atoms with Crippen molar-refractivity contribution in [1.82, 2.24) is 0 Å². The monoisotopic (exact) mass is 849 g/mol. The van der Waals surface area contributed by atoms with Crippen LogP contribution in [0, 0.1) is 0 Å². The number of carbonyl (C=O) groups is 3. The van der Waals surface area contributed by atoms with Crippen LogP contribution in [0.1, 0.15) is 226 Å². The molecule has 0 spiro atoms. The molecular weight excluding hydrogens is 757 g/mol. The molecule has 348 valence electrons. The summed E-state index contributed by atoms with van der Waals surface area (Å²) < 4.78 is 16.7. The second-order valence-electron chi connectivity index (χ2n) is 16.3. The number of ether oxygens (including phenoxy) is 3. The van der Waals surface area contributed by atoms with Crippen molar-refractivity contribution >= 4 is 17.9 Å². The van der Waals surface area contributed by atoms with Crippen LogP contribution in [0.15, 0.2) is 85.1 Å². The first-order valence-corrected chi connectivity index (χ1v) is 25.1. The molecule has 0 aromatic heterocycles. The predicted octanol–water partition coefficient (Wildman–Crippen LogP) is 16.4. The highest BCUT2D eigenvalue weighted by atomic mass is 16.6. The van der Waals surface area contributed by atoms with Gasteiger partial charge in [0.25, 0.3) is 0 Å². The van der Waals surface area contributed by atoms with Gasteiger partial charge in [-0.05, 0) is 83.5 Å². The van der Waals surface area contributed by atoms with Crippen molar-refractivity contribution < 1.29 is 28.6 Å². The largest absolute Gasteiger partial charge is 0.462 e. The summed E-state index contributed by atoms with van der Waals surface area (Å²) in [7, 11) is 0. The van der Waals surface area contributed by atoms with E-state index in [1.807, 2.05) is 0 Å². The summed E-state index contributed by atoms with van der Waals surface area (Å²) in [5.41, 5.74) is 0. The Hall–Kier alpha value is -3.41. The van der Waals surface area contributed by atoms with E-state index >= 15 is 0 Å². The molecule has 0 heterocycles. The number of unbranched alkanes of at least 4 members (excludes halogenated alkanes) is 19. The minimum Gasteiger partial charge on any atom is -0.462 e. The average molecular weight is 849 g/mol. The van der Waals surface area contributed by atoms with E-state index in [2.05, 4.69) is 106 Å². The number of rotatable bonds is 44. The van der Waals surface area contributed by atoms with E-state index in [0.717, 1.165) is 103 Å². The molecule has 0 aromatic rings. The zero-order valence-electron chi connectivity index (χ0n) is 39.7. The standard InChI is InChI=1S/C55H92O6/c1-4-7-10-13-16-19-22-25-27-28-29-31-33-36-39-42-45-48-54(57)60-51-52(50-59-53(56)47-44-41-38-35-32-24-21-18-15-12-9-6-3)61-55(58)49-46-43-40-37-34-30-26-23-20-17-14-11-8-5-2/h7,10,14,16-17,19,23,25-27,29,31,36,39,52H,4-6,8-9,11-13,15,18,20-22,24,28,30,32-35,37-38,40-51H2,1-3H3/b10-7-,17-14-,19-16-,26-23-,27-25-,31-29-,39-36-. The van der Waals surface area contributed by atoms with E-state index in [-0.39, 0.29) is 37.5 Å². The molecule has 0 aromatic carbocycles. The Balaban J connectivity index is 4.50. The summed E-state index contributed by atoms with van der Waals surface area (Å²) >= 11 is 0. The summed E-state index contributed by atoms with van der Waals surface area (Å²) in [6, 6.07) is 0. The molecule has 0 aliphatic rings. The smallest absolute Gasteiger partial charge is 0.306 e. The second-order valence-corrected chi connectivity index (χ2v) is 16.3. The van der Waals surface area contributed by atoms with Crippen LogP contribution in [0.25, 0.3) is 0 Å². The van der Waals surface area contributed by atoms with Crippen LogP contribution in [-0.2, 0) is 28.6 Å². The molecule has 0 saturated carbocycles. The van der Waals surface area contributed by atoms with Gasteiger partial charge in [0.1, 0.15) is 13.2 Å². The maximum absolute atomic E-state index is 12.8. The van der Waals surface area contributed by atoms with Crippen LogP contribution < -0.4 is 0 Å². The molecule has 0 amide bonds. The Labute approximate surface area is 375 Å². The highest BCUT2D eigenvalue weighted by molar-refractivity contribution is 5.71. The zero-order valence-corrected chi connectivity index (χ0v) is 39.7. The van der Waals surface area contributed by atoms with Gasteiger partial charge in [-0.2, -0.15) is 0 Å². The minimum atomic E-state index is -0.804. The number of esters is 3. The molecule has 0 aliphatic carbocycles. The fourth-order valence-electron chi connectivity index (χ4n) is 6.61. The lowest BCUT2D eigenvalue weighted by atomic mass is 10.0. The van der Waals surface area contributed by atoms with Crippen molar-refractivity contribution in [3.05, 3.63) is 85.1 Å². The van der Waals surface area contributed by atoms with Gasteiger partial charge in [-0.3, -0.25) is 14.4 Å². The third-order valence-electron chi connectivity index (χ3n) is 10.4. The van der Waals surface area contributed by atoms with Gasteiger partial charge in [0.05, 0.1) is 0 Å². The second kappa shape index (κ2) is 49.2. The Kier molecular flexibility index (Phi) is 46.5. The number of hydrogen-bond acceptors (Lipinski definition) is 6. The molecule has 6 heteroatoms. The maximum Gasteiger partial charge on any atom is 0.306 e. The molecule has 6 nitrogen and oxygen atoms in total. The quantitative estimate of drug-likeness (QED) is 0.0263. The molecule has 0 bridgehead atoms. The van der Waals surface area contributed by atoms with Gasteiger partial charge in [-0.1, -0.05) is 209 Å². The van der Waals surface area contributed by atoms with Crippen molar-refractivity contribution in [1.29, 1.82) is 0 Å². The fourth-order valence-corrected chi connectivity index (χ4v) is 6.61. The molecule has 1 unspecified atom stereocenters. The molecule has 61 heavy (non-hydrogen) atoms. The Bertz CT molecular complexity index is 1200. The molecule has 1 atom stereocenters. The molecule has 0 aliphatic heterocycles. The Morgan fingerprint density at radius 2 is 0.672 bits per heavy atom. The van der Waals surface area contributed by atoms with Crippen molar-refractivity contribution in [2.24, 2.45) is 0 Å². The van der Waals surface area contributed by atoms with Gasteiger partial charge in [0.15, 0.2) is 6.10 Å². The van der Waals surface area contributed by atoms with E-state index < -0.39 is 6.10 Å². The third-order valence-corrected chi connectivity index (χ3v) is 10.4. The predicted molar refractivity (Wildman–Crippen MR) is 261 cm³/mol. The normalized spacial score (nSPS) is 12.8. The highest BCUT2D eigenvalue weighted by Gasteiger charge is 2.19. The lowest BCUT2D eigenvalue weighted by Crippen LogP contribution is -2.30. The summed E-state index contributed by atoms with van der Waals surface area (Å²) in [5.74, 6) is -0.976. The first-order chi connectivity index (χ1) is 30.0. The molecule has 0 rings (SSSR count). The first kappa shape index (κ1) is 57.6. The van der Waals surface area contributed by atoms with E-state index in [9.17, 15) is 14.4 Å². The third kappa shape index (κ3) is 47.5. The van der Waals surface area contributed by atoms with Crippen molar-refractivity contribution in [2.45, 2.75) is 232 Å². The molecular formula is C55H92O6. The van der Waals surface area contributed by atoms with E-state index in [4.69, 9.17) is 14.2 Å². The van der Waals surface area contributed by atoms with Crippen molar-refractivity contribution in [3.63, 3.8) is 0 Å². The Morgan fingerprint density at radius 3 is 1.11 bits per heavy atom. The van der Waals surface area contributed by atoms with Gasteiger partial charge >= 0.3 is 17.9 Å². The topological polar surface area (TPSA) is 78.9 Å². The van der Waals surface area contributed by atoms with Gasteiger partial charge in [0, 0.05) is 19.3 Å². The zero-order chi connectivity index (χ0) is 44.4.